The molecule has 0 N–H and O–H groups in total. The first-order chi connectivity index (χ1) is 6.31. The fourth-order valence-corrected chi connectivity index (χ4v) is 2.15. The molecule has 1 fully saturated rings. The lowest BCUT2D eigenvalue weighted by Crippen LogP contribution is -2.24. The molecule has 13 heavy (non-hydrogen) atoms. The summed E-state index contributed by atoms with van der Waals surface area (Å²) >= 11 is 7.06. The van der Waals surface area contributed by atoms with Gasteiger partial charge in [0.2, 0.25) is 11.0 Å². The van der Waals surface area contributed by atoms with Crippen molar-refractivity contribution in [3.05, 3.63) is 5.51 Å². The summed E-state index contributed by atoms with van der Waals surface area (Å²) in [6, 6.07) is 0. The highest BCUT2D eigenvalue weighted by Gasteiger charge is 2.31. The van der Waals surface area contributed by atoms with Crippen LogP contribution in [0.3, 0.4) is 0 Å². The van der Waals surface area contributed by atoms with Crippen LogP contribution in [-0.4, -0.2) is 28.5 Å². The Kier molecular flexibility index (Phi) is 2.46. The van der Waals surface area contributed by atoms with Crippen LogP contribution in [0.15, 0.2) is 5.51 Å². The molecule has 1 amide bonds. The first-order valence-corrected chi connectivity index (χ1v) is 5.35. The van der Waals surface area contributed by atoms with Gasteiger partial charge in [-0.1, -0.05) is 11.3 Å². The molecular formula is C7H8ClN3OS. The number of carbonyl (C=O) groups is 1. The molecule has 70 valence electrons. The van der Waals surface area contributed by atoms with Crippen molar-refractivity contribution >= 4 is 34.0 Å². The van der Waals surface area contributed by atoms with Crippen LogP contribution in [-0.2, 0) is 4.79 Å². The lowest BCUT2D eigenvalue weighted by Gasteiger charge is -2.10. The van der Waals surface area contributed by atoms with E-state index in [1.807, 2.05) is 0 Å². The number of hydrogen-bond donors (Lipinski definition) is 0. The van der Waals surface area contributed by atoms with Crippen molar-refractivity contribution in [1.29, 1.82) is 0 Å². The largest absolute Gasteiger partial charge is 0.286 e. The van der Waals surface area contributed by atoms with Crippen molar-refractivity contribution < 1.29 is 4.79 Å². The van der Waals surface area contributed by atoms with Gasteiger partial charge in [0.05, 0.1) is 0 Å². The summed E-state index contributed by atoms with van der Waals surface area (Å²) in [6.07, 6.45) is 0.531. The van der Waals surface area contributed by atoms with Gasteiger partial charge in [0.25, 0.3) is 0 Å². The van der Waals surface area contributed by atoms with Gasteiger partial charge in [0, 0.05) is 18.8 Å². The van der Waals surface area contributed by atoms with Gasteiger partial charge >= 0.3 is 0 Å². The van der Waals surface area contributed by atoms with Gasteiger partial charge in [-0.15, -0.1) is 21.8 Å². The zero-order chi connectivity index (χ0) is 9.26. The second-order valence-electron chi connectivity index (χ2n) is 2.95. The van der Waals surface area contributed by atoms with E-state index in [-0.39, 0.29) is 11.8 Å². The normalized spacial score (nSPS) is 22.7. The van der Waals surface area contributed by atoms with E-state index < -0.39 is 0 Å². The average Bonchev–Trinajstić information content (AvgIpc) is 2.72. The van der Waals surface area contributed by atoms with E-state index in [9.17, 15) is 4.79 Å². The standard InChI is InChI=1S/C7H8ClN3OS/c8-2-5-1-6(12)11(3-5)7-10-9-4-13-7/h4-5H,1-3H2. The summed E-state index contributed by atoms with van der Waals surface area (Å²) in [5.41, 5.74) is 1.62. The summed E-state index contributed by atoms with van der Waals surface area (Å²) < 4.78 is 0. The molecule has 0 radical (unpaired) electrons. The fourth-order valence-electron chi connectivity index (χ4n) is 1.35. The molecule has 2 heterocycles. The van der Waals surface area contributed by atoms with Crippen molar-refractivity contribution in [1.82, 2.24) is 10.2 Å². The molecule has 1 aliphatic rings. The van der Waals surface area contributed by atoms with Gasteiger partial charge in [-0.2, -0.15) is 0 Å². The molecule has 0 saturated carbocycles. The van der Waals surface area contributed by atoms with Crippen LogP contribution >= 0.6 is 22.9 Å². The van der Waals surface area contributed by atoms with Crippen LogP contribution < -0.4 is 4.90 Å². The maximum Gasteiger partial charge on any atom is 0.229 e. The first kappa shape index (κ1) is 8.90. The van der Waals surface area contributed by atoms with E-state index in [4.69, 9.17) is 11.6 Å². The van der Waals surface area contributed by atoms with Gasteiger partial charge in [-0.25, -0.2) is 0 Å². The zero-order valence-corrected chi connectivity index (χ0v) is 8.38. The van der Waals surface area contributed by atoms with Crippen LogP contribution in [0.25, 0.3) is 0 Å². The minimum Gasteiger partial charge on any atom is -0.286 e. The summed E-state index contributed by atoms with van der Waals surface area (Å²) in [5, 5.41) is 8.22. The number of rotatable bonds is 2. The van der Waals surface area contributed by atoms with Crippen LogP contribution in [0.2, 0.25) is 0 Å². The van der Waals surface area contributed by atoms with E-state index in [0.717, 1.165) is 0 Å². The van der Waals surface area contributed by atoms with Gasteiger partial charge in [-0.05, 0) is 5.92 Å². The number of anilines is 1. The highest BCUT2D eigenvalue weighted by Crippen LogP contribution is 2.26. The van der Waals surface area contributed by atoms with Crippen molar-refractivity contribution in [3.63, 3.8) is 0 Å². The lowest BCUT2D eigenvalue weighted by molar-refractivity contribution is -0.117. The Labute approximate surface area is 84.5 Å². The molecular weight excluding hydrogens is 210 g/mol. The minimum absolute atomic E-state index is 0.0994. The van der Waals surface area contributed by atoms with Crippen molar-refractivity contribution in [2.24, 2.45) is 5.92 Å². The van der Waals surface area contributed by atoms with Crippen LogP contribution in [0.1, 0.15) is 6.42 Å². The molecule has 1 aliphatic heterocycles. The number of carbonyl (C=O) groups excluding carboxylic acids is 1. The number of hydrogen-bond acceptors (Lipinski definition) is 4. The third-order valence-electron chi connectivity index (χ3n) is 2.00. The predicted molar refractivity (Wildman–Crippen MR) is 51.1 cm³/mol. The smallest absolute Gasteiger partial charge is 0.229 e. The van der Waals surface area contributed by atoms with E-state index in [0.29, 0.717) is 24.0 Å². The minimum atomic E-state index is 0.0994. The van der Waals surface area contributed by atoms with Crippen LogP contribution in [0.5, 0.6) is 0 Å². The summed E-state index contributed by atoms with van der Waals surface area (Å²) in [7, 11) is 0. The molecule has 0 aromatic carbocycles. The molecule has 1 atom stereocenters. The third kappa shape index (κ3) is 1.66. The average molecular weight is 218 g/mol. The Morgan fingerprint density at radius 2 is 2.62 bits per heavy atom. The van der Waals surface area contributed by atoms with E-state index in [1.54, 1.807) is 10.4 Å². The zero-order valence-electron chi connectivity index (χ0n) is 6.81. The SMILES string of the molecule is O=C1CC(CCl)CN1c1nncs1. The van der Waals surface area contributed by atoms with Crippen molar-refractivity contribution in [2.75, 3.05) is 17.3 Å². The predicted octanol–water partition coefficient (Wildman–Crippen LogP) is 1.13. The monoisotopic (exact) mass is 217 g/mol. The summed E-state index contributed by atoms with van der Waals surface area (Å²) in [6.45, 7) is 0.678. The Hall–Kier alpha value is -0.680. The highest BCUT2D eigenvalue weighted by molar-refractivity contribution is 7.13. The van der Waals surface area contributed by atoms with Crippen LogP contribution in [0, 0.1) is 5.92 Å². The first-order valence-electron chi connectivity index (χ1n) is 3.93. The third-order valence-corrected chi connectivity index (χ3v) is 3.15. The Morgan fingerprint density at radius 1 is 1.77 bits per heavy atom. The number of nitrogens with zero attached hydrogens (tertiary/aromatic N) is 3. The molecule has 1 aromatic rings. The maximum atomic E-state index is 11.4. The van der Waals surface area contributed by atoms with E-state index in [2.05, 4.69) is 10.2 Å². The second-order valence-corrected chi connectivity index (χ2v) is 4.07. The second kappa shape index (κ2) is 3.59. The summed E-state index contributed by atoms with van der Waals surface area (Å²) in [5.74, 6) is 0.890. The highest BCUT2D eigenvalue weighted by atomic mass is 35.5. The number of alkyl halides is 1. The van der Waals surface area contributed by atoms with Crippen LogP contribution in [0.4, 0.5) is 5.13 Å². The van der Waals surface area contributed by atoms with Crippen molar-refractivity contribution in [3.8, 4) is 0 Å². The lowest BCUT2D eigenvalue weighted by atomic mass is 10.2. The number of amides is 1. The topological polar surface area (TPSA) is 46.1 Å². The molecule has 0 bridgehead atoms. The molecule has 0 spiro atoms. The Balaban J connectivity index is 2.14. The van der Waals surface area contributed by atoms with Gasteiger partial charge in [0.15, 0.2) is 0 Å². The molecule has 2 rings (SSSR count). The Bertz CT molecular complexity index is 303. The summed E-state index contributed by atoms with van der Waals surface area (Å²) in [4.78, 5) is 13.1. The van der Waals surface area contributed by atoms with E-state index in [1.165, 1.54) is 11.3 Å². The molecule has 1 saturated heterocycles. The van der Waals surface area contributed by atoms with Gasteiger partial charge in [-0.3, -0.25) is 9.69 Å². The number of aromatic nitrogens is 2. The Morgan fingerprint density at radius 3 is 3.15 bits per heavy atom. The van der Waals surface area contributed by atoms with Gasteiger partial charge < -0.3 is 0 Å². The molecule has 1 unspecified atom stereocenters. The molecule has 0 aliphatic carbocycles. The maximum absolute atomic E-state index is 11.4. The number of halogens is 1. The van der Waals surface area contributed by atoms with E-state index >= 15 is 0 Å². The van der Waals surface area contributed by atoms with Gasteiger partial charge in [0.1, 0.15) is 5.51 Å². The molecule has 4 nitrogen and oxygen atoms in total. The molecule has 6 heteroatoms. The molecule has 1 aromatic heterocycles. The van der Waals surface area contributed by atoms with Crippen molar-refractivity contribution in [2.45, 2.75) is 6.42 Å². The fraction of sp³-hybridized carbons (Fsp3) is 0.571. The quantitative estimate of drug-likeness (QED) is 0.698.